The number of carbonyl (C=O) groups is 1. The molecular weight excluding hydrogens is 360 g/mol. The van der Waals surface area contributed by atoms with Gasteiger partial charge in [0.2, 0.25) is 0 Å². The Morgan fingerprint density at radius 3 is 2.34 bits per heavy atom. The highest BCUT2D eigenvalue weighted by molar-refractivity contribution is 6.13. The number of amides is 1. The van der Waals surface area contributed by atoms with Crippen LogP contribution in [0.5, 0.6) is 0 Å². The summed E-state index contributed by atoms with van der Waals surface area (Å²) in [4.78, 5) is 16.7. The molecule has 5 nitrogen and oxygen atoms in total. The molecule has 4 aromatic carbocycles. The van der Waals surface area contributed by atoms with Crippen molar-refractivity contribution in [3.63, 3.8) is 0 Å². The molecule has 0 aliphatic rings. The fraction of sp³-hybridized carbons (Fsp3) is 0.0417. The lowest BCUT2D eigenvalue weighted by Crippen LogP contribution is -2.22. The van der Waals surface area contributed by atoms with Gasteiger partial charge < -0.3 is 4.57 Å². The normalized spacial score (nSPS) is 11.6. The molecular formula is C24H18N4O. The van der Waals surface area contributed by atoms with E-state index in [1.807, 2.05) is 53.1 Å². The predicted octanol–water partition coefficient (Wildman–Crippen LogP) is 4.49. The summed E-state index contributed by atoms with van der Waals surface area (Å²) in [5.74, 6) is -0.200. The summed E-state index contributed by atoms with van der Waals surface area (Å²) in [6.45, 7) is 0.161. The second-order valence-corrected chi connectivity index (χ2v) is 6.89. The van der Waals surface area contributed by atoms with E-state index >= 15 is 0 Å². The number of aromatic nitrogens is 2. The lowest BCUT2D eigenvalue weighted by molar-refractivity contribution is -0.121. The second-order valence-electron chi connectivity index (χ2n) is 6.89. The lowest BCUT2D eigenvalue weighted by Gasteiger charge is -2.08. The fourth-order valence-electron chi connectivity index (χ4n) is 3.68. The number of rotatable bonds is 4. The number of carbonyl (C=O) groups excluding carboxylic acids is 1. The van der Waals surface area contributed by atoms with Gasteiger partial charge in [-0.15, -0.1) is 0 Å². The number of para-hydroxylation sites is 2. The summed E-state index contributed by atoms with van der Waals surface area (Å²) >= 11 is 0. The lowest BCUT2D eigenvalue weighted by atomic mass is 9.97. The molecule has 0 saturated heterocycles. The topological polar surface area (TPSA) is 59.3 Å². The number of nitrogens with one attached hydrogen (secondary N) is 1. The number of hydrogen-bond acceptors (Lipinski definition) is 3. The molecule has 0 aliphatic heterocycles. The maximum Gasteiger partial charge on any atom is 0.260 e. The first-order chi connectivity index (χ1) is 14.3. The molecule has 0 saturated carbocycles. The van der Waals surface area contributed by atoms with Crippen LogP contribution in [-0.2, 0) is 11.3 Å². The average Bonchev–Trinajstić information content (AvgIpc) is 3.16. The highest BCUT2D eigenvalue weighted by Crippen LogP contribution is 2.27. The Bertz CT molecular complexity index is 1330. The van der Waals surface area contributed by atoms with Gasteiger partial charge >= 0.3 is 0 Å². The van der Waals surface area contributed by atoms with Gasteiger partial charge in [-0.2, -0.15) is 5.10 Å². The molecule has 0 atom stereocenters. The minimum Gasteiger partial charge on any atom is -0.321 e. The molecule has 1 aromatic heterocycles. The highest BCUT2D eigenvalue weighted by atomic mass is 16.2. The molecule has 0 fully saturated rings. The third-order valence-electron chi connectivity index (χ3n) is 5.04. The van der Waals surface area contributed by atoms with Crippen LogP contribution in [0, 0.1) is 0 Å². The minimum absolute atomic E-state index is 0.161. The van der Waals surface area contributed by atoms with Crippen molar-refractivity contribution in [2.75, 3.05) is 0 Å². The molecule has 29 heavy (non-hydrogen) atoms. The molecule has 140 valence electrons. The third-order valence-corrected chi connectivity index (χ3v) is 5.04. The van der Waals surface area contributed by atoms with E-state index in [1.54, 1.807) is 12.5 Å². The summed E-state index contributed by atoms with van der Waals surface area (Å²) in [5, 5.41) is 8.73. The predicted molar refractivity (Wildman–Crippen MR) is 117 cm³/mol. The van der Waals surface area contributed by atoms with E-state index in [0.29, 0.717) is 0 Å². The van der Waals surface area contributed by atoms with Gasteiger partial charge in [-0.25, -0.2) is 10.4 Å². The highest BCUT2D eigenvalue weighted by Gasteiger charge is 2.07. The number of hydrazone groups is 1. The number of nitrogens with zero attached hydrogens (tertiary/aromatic N) is 3. The van der Waals surface area contributed by atoms with Crippen molar-refractivity contribution in [3.8, 4) is 0 Å². The summed E-state index contributed by atoms with van der Waals surface area (Å²) in [5.41, 5.74) is 5.43. The second kappa shape index (κ2) is 7.20. The van der Waals surface area contributed by atoms with Gasteiger partial charge in [0.15, 0.2) is 0 Å². The Labute approximate surface area is 167 Å². The standard InChI is InChI=1S/C24H18N4O/c29-24(15-28-16-25-22-11-5-6-12-23(22)28)27-26-14-21-19-9-3-1-7-17(19)13-18-8-2-4-10-20(18)21/h1-14,16H,15H2,(H,27,29). The van der Waals surface area contributed by atoms with Gasteiger partial charge in [-0.1, -0.05) is 60.7 Å². The van der Waals surface area contributed by atoms with E-state index < -0.39 is 0 Å². The quantitative estimate of drug-likeness (QED) is 0.284. The number of benzene rings is 4. The van der Waals surface area contributed by atoms with Crippen LogP contribution >= 0.6 is 0 Å². The smallest absolute Gasteiger partial charge is 0.260 e. The molecule has 0 spiro atoms. The Morgan fingerprint density at radius 1 is 0.931 bits per heavy atom. The molecule has 1 heterocycles. The summed E-state index contributed by atoms with van der Waals surface area (Å²) < 4.78 is 1.81. The zero-order valence-corrected chi connectivity index (χ0v) is 15.6. The zero-order chi connectivity index (χ0) is 19.6. The number of fused-ring (bicyclic) bond motifs is 3. The van der Waals surface area contributed by atoms with Crippen molar-refractivity contribution in [3.05, 3.63) is 90.8 Å². The van der Waals surface area contributed by atoms with Crippen LogP contribution < -0.4 is 5.43 Å². The zero-order valence-electron chi connectivity index (χ0n) is 15.6. The van der Waals surface area contributed by atoms with Crippen molar-refractivity contribution in [2.45, 2.75) is 6.54 Å². The van der Waals surface area contributed by atoms with E-state index in [9.17, 15) is 4.79 Å². The van der Waals surface area contributed by atoms with E-state index in [4.69, 9.17) is 0 Å². The van der Waals surface area contributed by atoms with Gasteiger partial charge in [0, 0.05) is 5.56 Å². The summed E-state index contributed by atoms with van der Waals surface area (Å²) in [7, 11) is 0. The molecule has 0 unspecified atom stereocenters. The van der Waals surface area contributed by atoms with Crippen molar-refractivity contribution in [1.29, 1.82) is 0 Å². The summed E-state index contributed by atoms with van der Waals surface area (Å²) in [6.07, 6.45) is 3.40. The van der Waals surface area contributed by atoms with E-state index in [0.717, 1.165) is 38.1 Å². The SMILES string of the molecule is O=C(Cn1cnc2ccccc21)NN=Cc1c2ccccc2cc2ccccc12. The number of imidazole rings is 1. The van der Waals surface area contributed by atoms with E-state index in [2.05, 4.69) is 45.8 Å². The van der Waals surface area contributed by atoms with Crippen molar-refractivity contribution >= 4 is 44.7 Å². The van der Waals surface area contributed by atoms with E-state index in [1.165, 1.54) is 0 Å². The fourth-order valence-corrected chi connectivity index (χ4v) is 3.68. The van der Waals surface area contributed by atoms with Crippen LogP contribution in [-0.4, -0.2) is 21.7 Å². The van der Waals surface area contributed by atoms with Crippen LogP contribution in [0.1, 0.15) is 5.56 Å². The van der Waals surface area contributed by atoms with E-state index in [-0.39, 0.29) is 12.5 Å². The molecule has 0 radical (unpaired) electrons. The van der Waals surface area contributed by atoms with Crippen LogP contribution in [0.25, 0.3) is 32.6 Å². The van der Waals surface area contributed by atoms with Crippen LogP contribution in [0.15, 0.2) is 90.3 Å². The van der Waals surface area contributed by atoms with Gasteiger partial charge in [-0.3, -0.25) is 4.79 Å². The van der Waals surface area contributed by atoms with Crippen LogP contribution in [0.4, 0.5) is 0 Å². The minimum atomic E-state index is -0.200. The van der Waals surface area contributed by atoms with Gasteiger partial charge in [0.1, 0.15) is 6.54 Å². The molecule has 5 aromatic rings. The number of hydrogen-bond donors (Lipinski definition) is 1. The maximum atomic E-state index is 12.4. The van der Waals surface area contributed by atoms with Gasteiger partial charge in [-0.05, 0) is 39.7 Å². The van der Waals surface area contributed by atoms with Crippen LogP contribution in [0.3, 0.4) is 0 Å². The molecule has 0 aliphatic carbocycles. The largest absolute Gasteiger partial charge is 0.321 e. The molecule has 5 rings (SSSR count). The summed E-state index contributed by atoms with van der Waals surface area (Å²) in [6, 6.07) is 26.3. The Kier molecular flexibility index (Phi) is 4.26. The third kappa shape index (κ3) is 3.23. The first-order valence-corrected chi connectivity index (χ1v) is 9.42. The van der Waals surface area contributed by atoms with Gasteiger partial charge in [0.25, 0.3) is 5.91 Å². The van der Waals surface area contributed by atoms with Crippen molar-refractivity contribution in [1.82, 2.24) is 15.0 Å². The average molecular weight is 378 g/mol. The molecule has 5 heteroatoms. The van der Waals surface area contributed by atoms with Crippen LogP contribution in [0.2, 0.25) is 0 Å². The Hall–Kier alpha value is -3.99. The maximum absolute atomic E-state index is 12.4. The monoisotopic (exact) mass is 378 g/mol. The molecule has 1 N–H and O–H groups in total. The Morgan fingerprint density at radius 2 is 1.59 bits per heavy atom. The first kappa shape index (κ1) is 17.1. The van der Waals surface area contributed by atoms with Gasteiger partial charge in [0.05, 0.1) is 23.6 Å². The van der Waals surface area contributed by atoms with Crippen molar-refractivity contribution < 1.29 is 4.79 Å². The van der Waals surface area contributed by atoms with Crippen molar-refractivity contribution in [2.24, 2.45) is 5.10 Å². The first-order valence-electron chi connectivity index (χ1n) is 9.42. The Balaban J connectivity index is 1.42. The molecule has 0 bridgehead atoms. The molecule has 1 amide bonds.